The van der Waals surface area contributed by atoms with Crippen LogP contribution in [0.5, 0.6) is 0 Å². The molecule has 5 rings (SSSR count). The summed E-state index contributed by atoms with van der Waals surface area (Å²) in [5, 5.41) is 4.29. The van der Waals surface area contributed by atoms with E-state index in [1.54, 1.807) is 32.8 Å². The molecule has 10 nitrogen and oxygen atoms in total. The largest absolute Gasteiger partial charge is 0.444 e. The van der Waals surface area contributed by atoms with Crippen molar-refractivity contribution in [3.05, 3.63) is 101 Å². The van der Waals surface area contributed by atoms with E-state index in [1.807, 2.05) is 70.2 Å². The van der Waals surface area contributed by atoms with Gasteiger partial charge < -0.3 is 20.3 Å². The summed E-state index contributed by atoms with van der Waals surface area (Å²) in [7, 11) is 0. The van der Waals surface area contributed by atoms with Crippen LogP contribution in [-0.2, 0) is 11.2 Å². The van der Waals surface area contributed by atoms with Crippen LogP contribution >= 0.6 is 0 Å². The van der Waals surface area contributed by atoms with Gasteiger partial charge in [-0.1, -0.05) is 36.4 Å². The number of carbonyl (C=O) groups excluding carboxylic acids is 3. The molecule has 1 saturated heterocycles. The molecule has 2 aromatic carbocycles. The maximum atomic E-state index is 13.0. The number of piperazine rings is 1. The number of nitrogens with zero attached hydrogens (tertiary/aromatic N) is 5. The molecule has 0 saturated carbocycles. The van der Waals surface area contributed by atoms with E-state index in [1.165, 1.54) is 0 Å². The van der Waals surface area contributed by atoms with Gasteiger partial charge >= 0.3 is 6.09 Å². The van der Waals surface area contributed by atoms with E-state index < -0.39 is 11.5 Å². The first-order valence-electron chi connectivity index (χ1n) is 14.3. The number of hydrogen-bond acceptors (Lipinski definition) is 6. The van der Waals surface area contributed by atoms with Crippen LogP contribution in [0.2, 0.25) is 0 Å². The number of primary amides is 1. The first-order valence-corrected chi connectivity index (χ1v) is 14.3. The maximum Gasteiger partial charge on any atom is 0.410 e. The van der Waals surface area contributed by atoms with Crippen LogP contribution in [0.15, 0.2) is 72.9 Å². The Morgan fingerprint density at radius 3 is 2.00 bits per heavy atom. The van der Waals surface area contributed by atoms with Crippen molar-refractivity contribution in [2.24, 2.45) is 5.73 Å². The Kier molecular flexibility index (Phi) is 8.29. The summed E-state index contributed by atoms with van der Waals surface area (Å²) in [5.74, 6) is -0.645. The Morgan fingerprint density at radius 1 is 0.860 bits per heavy atom. The molecule has 4 aromatic rings. The molecule has 10 heteroatoms. The monoisotopic (exact) mass is 580 g/mol. The van der Waals surface area contributed by atoms with Crippen LogP contribution in [0.4, 0.5) is 4.79 Å². The average Bonchev–Trinajstić information content (AvgIpc) is 3.39. The summed E-state index contributed by atoms with van der Waals surface area (Å²) in [6.45, 7) is 9.16. The van der Waals surface area contributed by atoms with Gasteiger partial charge in [0, 0.05) is 43.6 Å². The summed E-state index contributed by atoms with van der Waals surface area (Å²) >= 11 is 0. The third-order valence-corrected chi connectivity index (χ3v) is 7.21. The lowest BCUT2D eigenvalue weighted by molar-refractivity contribution is 0.0141. The number of ether oxygens (including phenoxy) is 1. The minimum Gasteiger partial charge on any atom is -0.444 e. The summed E-state index contributed by atoms with van der Waals surface area (Å²) in [6.07, 6.45) is 2.02. The van der Waals surface area contributed by atoms with Crippen LogP contribution in [0.25, 0.3) is 16.9 Å². The van der Waals surface area contributed by atoms with Crippen LogP contribution in [0, 0.1) is 6.92 Å². The van der Waals surface area contributed by atoms with Crippen molar-refractivity contribution in [3.8, 4) is 16.9 Å². The van der Waals surface area contributed by atoms with E-state index in [0.29, 0.717) is 31.7 Å². The van der Waals surface area contributed by atoms with Crippen molar-refractivity contribution in [1.82, 2.24) is 24.6 Å². The highest BCUT2D eigenvalue weighted by Gasteiger charge is 2.28. The second-order valence-electron chi connectivity index (χ2n) is 11.7. The number of pyridine rings is 1. The van der Waals surface area contributed by atoms with Crippen molar-refractivity contribution in [3.63, 3.8) is 0 Å². The molecule has 1 aliphatic heterocycles. The Hall–Kier alpha value is -4.99. The zero-order valence-electron chi connectivity index (χ0n) is 24.9. The third kappa shape index (κ3) is 7.09. The van der Waals surface area contributed by atoms with Crippen molar-refractivity contribution in [2.75, 3.05) is 26.2 Å². The highest BCUT2D eigenvalue weighted by atomic mass is 16.6. The predicted octanol–water partition coefficient (Wildman–Crippen LogP) is 4.63. The number of amides is 3. The smallest absolute Gasteiger partial charge is 0.410 e. The number of benzene rings is 2. The number of aryl methyl sites for hydroxylation is 1. The minimum atomic E-state index is -0.550. The van der Waals surface area contributed by atoms with E-state index in [9.17, 15) is 14.4 Å². The quantitative estimate of drug-likeness (QED) is 0.355. The fourth-order valence-corrected chi connectivity index (χ4v) is 4.93. The third-order valence-electron chi connectivity index (χ3n) is 7.21. The molecule has 2 N–H and O–H groups in total. The molecule has 0 spiro atoms. The second kappa shape index (κ2) is 12.1. The van der Waals surface area contributed by atoms with Crippen LogP contribution in [0.1, 0.15) is 58.4 Å². The standard InChI is InChI=1S/C33H36N6O4/c1-22-19-29(30(34)40)36-39(22)27-12-7-24(8-13-27)20-23-5-9-25(10-6-23)28-14-11-26(21-35-28)31(41)37-15-17-38(18-16-37)32(42)43-33(2,3)4/h5-14,19,21H,15-18,20H2,1-4H3,(H2,34,40). The first kappa shape index (κ1) is 29.5. The van der Waals surface area contributed by atoms with Gasteiger partial charge in [0.25, 0.3) is 11.8 Å². The topological polar surface area (TPSA) is 124 Å². The molecule has 0 bridgehead atoms. The van der Waals surface area contributed by atoms with Gasteiger partial charge in [0.05, 0.1) is 16.9 Å². The van der Waals surface area contributed by atoms with Crippen molar-refractivity contribution >= 4 is 17.9 Å². The normalized spacial score (nSPS) is 13.6. The average molecular weight is 581 g/mol. The molecule has 0 radical (unpaired) electrons. The highest BCUT2D eigenvalue weighted by Crippen LogP contribution is 2.21. The fourth-order valence-electron chi connectivity index (χ4n) is 4.93. The maximum absolute atomic E-state index is 13.0. The van der Waals surface area contributed by atoms with Crippen molar-refractivity contribution in [1.29, 1.82) is 0 Å². The zero-order valence-corrected chi connectivity index (χ0v) is 24.9. The summed E-state index contributed by atoms with van der Waals surface area (Å²) in [6, 6.07) is 21.6. The Balaban J connectivity index is 1.16. The van der Waals surface area contributed by atoms with E-state index in [4.69, 9.17) is 10.5 Å². The van der Waals surface area contributed by atoms with Gasteiger partial charge in [0.1, 0.15) is 5.60 Å². The molecule has 2 aromatic heterocycles. The van der Waals surface area contributed by atoms with Gasteiger partial charge in [-0.05, 0) is 75.6 Å². The molecule has 0 atom stereocenters. The van der Waals surface area contributed by atoms with Crippen molar-refractivity contribution in [2.45, 2.75) is 39.7 Å². The first-order chi connectivity index (χ1) is 20.5. The van der Waals surface area contributed by atoms with Gasteiger partial charge in [-0.15, -0.1) is 0 Å². The Labute approximate surface area is 251 Å². The Bertz CT molecular complexity index is 1610. The molecule has 1 aliphatic rings. The van der Waals surface area contributed by atoms with Gasteiger partial charge in [-0.3, -0.25) is 14.6 Å². The minimum absolute atomic E-state index is 0.0970. The molecular weight excluding hydrogens is 544 g/mol. The van der Waals surface area contributed by atoms with E-state index in [0.717, 1.165) is 40.2 Å². The molecule has 0 unspecified atom stereocenters. The summed E-state index contributed by atoms with van der Waals surface area (Å²) in [5.41, 5.74) is 11.3. The van der Waals surface area contributed by atoms with Crippen LogP contribution in [0.3, 0.4) is 0 Å². The number of nitrogens with two attached hydrogens (primary N) is 1. The van der Waals surface area contributed by atoms with Gasteiger partial charge in [0.15, 0.2) is 5.69 Å². The lowest BCUT2D eigenvalue weighted by Crippen LogP contribution is -2.51. The number of aromatic nitrogens is 3. The van der Waals surface area contributed by atoms with E-state index in [2.05, 4.69) is 22.2 Å². The summed E-state index contributed by atoms with van der Waals surface area (Å²) in [4.78, 5) is 44.7. The number of carbonyl (C=O) groups is 3. The van der Waals surface area contributed by atoms with E-state index >= 15 is 0 Å². The number of hydrogen-bond donors (Lipinski definition) is 1. The lowest BCUT2D eigenvalue weighted by Gasteiger charge is -2.35. The van der Waals surface area contributed by atoms with Crippen LogP contribution in [-0.4, -0.2) is 74.3 Å². The molecular formula is C33H36N6O4. The number of rotatable bonds is 6. The summed E-state index contributed by atoms with van der Waals surface area (Å²) < 4.78 is 7.14. The van der Waals surface area contributed by atoms with E-state index in [-0.39, 0.29) is 17.7 Å². The van der Waals surface area contributed by atoms with Gasteiger partial charge in [-0.2, -0.15) is 5.10 Å². The molecule has 43 heavy (non-hydrogen) atoms. The molecule has 1 fully saturated rings. The molecule has 3 heterocycles. The van der Waals surface area contributed by atoms with Crippen LogP contribution < -0.4 is 5.73 Å². The molecule has 0 aliphatic carbocycles. The predicted molar refractivity (Wildman–Crippen MR) is 163 cm³/mol. The fraction of sp³-hybridized carbons (Fsp3) is 0.303. The van der Waals surface area contributed by atoms with Crippen molar-refractivity contribution < 1.29 is 19.1 Å². The SMILES string of the molecule is Cc1cc(C(N)=O)nn1-c1ccc(Cc2ccc(-c3ccc(C(=O)N4CCN(C(=O)OC(C)(C)C)CC4)cn3)cc2)cc1. The second-order valence-corrected chi connectivity index (χ2v) is 11.7. The molecule has 3 amide bonds. The zero-order chi connectivity index (χ0) is 30.7. The lowest BCUT2D eigenvalue weighted by atomic mass is 10.0. The molecule has 222 valence electrons. The highest BCUT2D eigenvalue weighted by molar-refractivity contribution is 5.94. The van der Waals surface area contributed by atoms with Gasteiger partial charge in [-0.25, -0.2) is 9.48 Å². The van der Waals surface area contributed by atoms with Gasteiger partial charge in [0.2, 0.25) is 0 Å². The Morgan fingerprint density at radius 2 is 1.47 bits per heavy atom.